The molecule has 0 heterocycles. The molecule has 0 aromatic carbocycles. The summed E-state index contributed by atoms with van der Waals surface area (Å²) >= 11 is 10.7. The molecule has 0 spiro atoms. The average Bonchev–Trinajstić information content (AvgIpc) is 2.56. The first-order valence-electron chi connectivity index (χ1n) is 7.68. The molecule has 0 bridgehead atoms. The molecule has 0 rings (SSSR count). The fraction of sp³-hybridized carbons (Fsp3) is 0.857. The Morgan fingerprint density at radius 2 is 1.18 bits per heavy atom. The van der Waals surface area contributed by atoms with E-state index >= 15 is 0 Å². The SMILES string of the molecule is CCC(CO)N(CCN(C(=S)NC)C(CC)CO)C(=S)NC. The quantitative estimate of drug-likeness (QED) is 0.438. The zero-order valence-corrected chi connectivity index (χ0v) is 15.6. The predicted molar refractivity (Wildman–Crippen MR) is 99.1 cm³/mol. The van der Waals surface area contributed by atoms with Crippen LogP contribution in [0.2, 0.25) is 0 Å². The van der Waals surface area contributed by atoms with Gasteiger partial charge < -0.3 is 30.6 Å². The van der Waals surface area contributed by atoms with E-state index in [0.717, 1.165) is 12.8 Å². The second-order valence-electron chi connectivity index (χ2n) is 4.99. The van der Waals surface area contributed by atoms with Crippen LogP contribution in [0.1, 0.15) is 26.7 Å². The maximum Gasteiger partial charge on any atom is 0.169 e. The van der Waals surface area contributed by atoms with E-state index in [0.29, 0.717) is 23.3 Å². The Hall–Kier alpha value is -0.700. The molecule has 2 unspecified atom stereocenters. The van der Waals surface area contributed by atoms with Gasteiger partial charge in [0.15, 0.2) is 10.2 Å². The Morgan fingerprint density at radius 1 is 0.864 bits per heavy atom. The fourth-order valence-electron chi connectivity index (χ4n) is 2.30. The third-order valence-corrected chi connectivity index (χ3v) is 4.65. The van der Waals surface area contributed by atoms with E-state index in [1.54, 1.807) is 14.1 Å². The van der Waals surface area contributed by atoms with Crippen LogP contribution in [0.3, 0.4) is 0 Å². The van der Waals surface area contributed by atoms with E-state index in [1.807, 2.05) is 23.6 Å². The standard InChI is InChI=1S/C14H30N4O2S2/c1-5-11(9-19)17(13(21)15-3)7-8-18(14(22)16-4)12(6-2)10-20/h11-12,19-20H,5-10H2,1-4H3,(H,15,21)(H,16,22). The minimum absolute atomic E-state index is 0.0286. The highest BCUT2D eigenvalue weighted by Crippen LogP contribution is 2.09. The molecule has 8 heteroatoms. The lowest BCUT2D eigenvalue weighted by Crippen LogP contribution is -2.53. The van der Waals surface area contributed by atoms with Gasteiger partial charge in [-0.2, -0.15) is 0 Å². The molecule has 0 aromatic rings. The Bertz CT molecular complexity index is 305. The van der Waals surface area contributed by atoms with Crippen molar-refractivity contribution in [3.63, 3.8) is 0 Å². The summed E-state index contributed by atoms with van der Waals surface area (Å²) in [6.07, 6.45) is 1.60. The van der Waals surface area contributed by atoms with Crippen molar-refractivity contribution >= 4 is 34.7 Å². The van der Waals surface area contributed by atoms with Crippen molar-refractivity contribution in [1.29, 1.82) is 0 Å². The monoisotopic (exact) mass is 350 g/mol. The molecule has 130 valence electrons. The van der Waals surface area contributed by atoms with Gasteiger partial charge >= 0.3 is 0 Å². The highest BCUT2D eigenvalue weighted by molar-refractivity contribution is 7.80. The molecular weight excluding hydrogens is 320 g/mol. The van der Waals surface area contributed by atoms with Crippen LogP contribution in [0.25, 0.3) is 0 Å². The molecule has 22 heavy (non-hydrogen) atoms. The number of nitrogens with zero attached hydrogens (tertiary/aromatic N) is 2. The molecule has 4 N–H and O–H groups in total. The van der Waals surface area contributed by atoms with Crippen molar-refractivity contribution in [2.45, 2.75) is 38.8 Å². The number of rotatable bonds is 9. The van der Waals surface area contributed by atoms with Crippen molar-refractivity contribution in [3.8, 4) is 0 Å². The average molecular weight is 351 g/mol. The Kier molecular flexibility index (Phi) is 11.4. The molecule has 0 aliphatic rings. The number of thiocarbonyl (C=S) groups is 2. The first-order chi connectivity index (χ1) is 10.5. The van der Waals surface area contributed by atoms with Gasteiger partial charge in [-0.25, -0.2) is 0 Å². The normalized spacial score (nSPS) is 13.2. The Labute approximate surface area is 144 Å². The zero-order chi connectivity index (χ0) is 17.1. The molecule has 0 aromatic heterocycles. The van der Waals surface area contributed by atoms with E-state index in [-0.39, 0.29) is 25.3 Å². The van der Waals surface area contributed by atoms with Gasteiger partial charge in [0.1, 0.15) is 0 Å². The third kappa shape index (κ3) is 6.20. The summed E-state index contributed by atoms with van der Waals surface area (Å²) in [5.41, 5.74) is 0. The summed E-state index contributed by atoms with van der Waals surface area (Å²) in [5.74, 6) is 0. The maximum absolute atomic E-state index is 9.54. The van der Waals surface area contributed by atoms with Crippen LogP contribution in [-0.4, -0.2) is 82.7 Å². The summed E-state index contributed by atoms with van der Waals surface area (Å²) in [6, 6.07) is -0.0571. The van der Waals surface area contributed by atoms with Gasteiger partial charge in [-0.15, -0.1) is 0 Å². The summed E-state index contributed by atoms with van der Waals surface area (Å²) in [6.45, 7) is 5.38. The van der Waals surface area contributed by atoms with Crippen LogP contribution in [-0.2, 0) is 0 Å². The first-order valence-corrected chi connectivity index (χ1v) is 8.50. The molecule has 0 aliphatic carbocycles. The van der Waals surface area contributed by atoms with Gasteiger partial charge in [-0.3, -0.25) is 0 Å². The van der Waals surface area contributed by atoms with E-state index in [1.165, 1.54) is 0 Å². The molecule has 0 aliphatic heterocycles. The van der Waals surface area contributed by atoms with E-state index < -0.39 is 0 Å². The zero-order valence-electron chi connectivity index (χ0n) is 14.0. The molecule has 0 saturated carbocycles. The molecule has 0 amide bonds. The van der Waals surface area contributed by atoms with E-state index in [4.69, 9.17) is 24.4 Å². The molecule has 0 fully saturated rings. The third-order valence-electron chi connectivity index (χ3n) is 3.78. The van der Waals surface area contributed by atoms with E-state index in [9.17, 15) is 10.2 Å². The van der Waals surface area contributed by atoms with Crippen molar-refractivity contribution in [3.05, 3.63) is 0 Å². The maximum atomic E-state index is 9.54. The minimum atomic E-state index is -0.0286. The summed E-state index contributed by atoms with van der Waals surface area (Å²) in [4.78, 5) is 3.95. The molecule has 6 nitrogen and oxygen atoms in total. The van der Waals surface area contributed by atoms with Crippen molar-refractivity contribution in [2.75, 3.05) is 40.4 Å². The molecule has 0 saturated heterocycles. The Morgan fingerprint density at radius 3 is 1.36 bits per heavy atom. The number of nitrogens with one attached hydrogen (secondary N) is 2. The lowest BCUT2D eigenvalue weighted by Gasteiger charge is -2.37. The van der Waals surface area contributed by atoms with Crippen LogP contribution in [0, 0.1) is 0 Å². The molecule has 2 atom stereocenters. The van der Waals surface area contributed by atoms with Crippen LogP contribution in [0.4, 0.5) is 0 Å². The van der Waals surface area contributed by atoms with E-state index in [2.05, 4.69) is 10.6 Å². The number of aliphatic hydroxyl groups is 2. The molecule has 0 radical (unpaired) electrons. The van der Waals surface area contributed by atoms with Crippen LogP contribution < -0.4 is 10.6 Å². The first kappa shape index (κ1) is 21.3. The minimum Gasteiger partial charge on any atom is -0.394 e. The van der Waals surface area contributed by atoms with Crippen LogP contribution in [0.15, 0.2) is 0 Å². The van der Waals surface area contributed by atoms with Crippen molar-refractivity contribution in [2.24, 2.45) is 0 Å². The topological polar surface area (TPSA) is 71.0 Å². The number of hydrogen-bond acceptors (Lipinski definition) is 4. The summed E-state index contributed by atoms with van der Waals surface area (Å²) < 4.78 is 0. The lowest BCUT2D eigenvalue weighted by molar-refractivity contribution is 0.144. The second-order valence-corrected chi connectivity index (χ2v) is 5.76. The van der Waals surface area contributed by atoms with Crippen molar-refractivity contribution < 1.29 is 10.2 Å². The smallest absolute Gasteiger partial charge is 0.169 e. The molecular formula is C14H30N4O2S2. The fourth-order valence-corrected chi connectivity index (χ4v) is 2.78. The Balaban J connectivity index is 5.02. The number of aliphatic hydroxyl groups excluding tert-OH is 2. The van der Waals surface area contributed by atoms with Gasteiger partial charge in [-0.1, -0.05) is 13.8 Å². The highest BCUT2D eigenvalue weighted by atomic mass is 32.1. The van der Waals surface area contributed by atoms with Gasteiger partial charge in [0.05, 0.1) is 25.3 Å². The largest absolute Gasteiger partial charge is 0.394 e. The summed E-state index contributed by atoms with van der Waals surface area (Å²) in [5, 5.41) is 26.2. The van der Waals surface area contributed by atoms with Crippen LogP contribution in [0.5, 0.6) is 0 Å². The second kappa shape index (κ2) is 11.8. The lowest BCUT2D eigenvalue weighted by atomic mass is 10.2. The van der Waals surface area contributed by atoms with Crippen LogP contribution >= 0.6 is 24.4 Å². The van der Waals surface area contributed by atoms with Gasteiger partial charge in [0, 0.05) is 27.2 Å². The van der Waals surface area contributed by atoms with Gasteiger partial charge in [0.25, 0.3) is 0 Å². The predicted octanol–water partition coefficient (Wildman–Crippen LogP) is 0.141. The highest BCUT2D eigenvalue weighted by Gasteiger charge is 2.23. The van der Waals surface area contributed by atoms with Gasteiger partial charge in [-0.05, 0) is 37.3 Å². The number of hydrogen-bond donors (Lipinski definition) is 4. The summed E-state index contributed by atoms with van der Waals surface area (Å²) in [7, 11) is 3.55. The van der Waals surface area contributed by atoms with Crippen molar-refractivity contribution in [1.82, 2.24) is 20.4 Å². The van der Waals surface area contributed by atoms with Gasteiger partial charge in [0.2, 0.25) is 0 Å².